The molecule has 0 spiro atoms. The SMILES string of the molecule is CO[C@H](C)c1ccc(Nc2cc(CC(=O)C3CC3)nc3c2N=C(C(F)F)C3)c(S(C)(=O)=O)c1. The molecule has 1 atom stereocenters. The zero-order chi connectivity index (χ0) is 23.9. The van der Waals surface area contributed by atoms with E-state index in [2.05, 4.69) is 15.3 Å². The number of rotatable bonds is 9. The Labute approximate surface area is 191 Å². The van der Waals surface area contributed by atoms with Gasteiger partial charge in [0, 0.05) is 32.1 Å². The summed E-state index contributed by atoms with van der Waals surface area (Å²) in [5.74, 6) is 0.104. The third-order valence-corrected chi connectivity index (χ3v) is 7.00. The summed E-state index contributed by atoms with van der Waals surface area (Å²) in [5, 5.41) is 3.06. The molecule has 0 amide bonds. The number of Topliss-reactive ketones (excluding diaryl/α,β-unsaturated/α-hetero) is 1. The Morgan fingerprint density at radius 2 is 1.97 bits per heavy atom. The number of halogens is 2. The van der Waals surface area contributed by atoms with Crippen molar-refractivity contribution in [2.75, 3.05) is 18.7 Å². The van der Waals surface area contributed by atoms with Crippen molar-refractivity contribution in [1.29, 1.82) is 0 Å². The van der Waals surface area contributed by atoms with E-state index in [1.807, 2.05) is 0 Å². The van der Waals surface area contributed by atoms with Crippen LogP contribution < -0.4 is 5.32 Å². The van der Waals surface area contributed by atoms with Crippen LogP contribution in [-0.2, 0) is 32.2 Å². The Morgan fingerprint density at radius 1 is 1.24 bits per heavy atom. The molecule has 0 radical (unpaired) electrons. The van der Waals surface area contributed by atoms with Crippen molar-refractivity contribution in [3.05, 3.63) is 41.2 Å². The topological polar surface area (TPSA) is 97.7 Å². The number of ether oxygens (including phenoxy) is 1. The molecule has 1 aliphatic carbocycles. The molecule has 1 aromatic heterocycles. The number of benzene rings is 1. The van der Waals surface area contributed by atoms with Crippen molar-refractivity contribution in [2.45, 2.75) is 50.0 Å². The summed E-state index contributed by atoms with van der Waals surface area (Å²) in [5.41, 5.74) is 2.02. The van der Waals surface area contributed by atoms with Crippen LogP contribution in [0.3, 0.4) is 0 Å². The molecule has 2 aromatic rings. The van der Waals surface area contributed by atoms with Gasteiger partial charge in [0.1, 0.15) is 11.5 Å². The average molecular weight is 478 g/mol. The van der Waals surface area contributed by atoms with Crippen LogP contribution in [0, 0.1) is 5.92 Å². The molecular weight excluding hydrogens is 452 g/mol. The Kier molecular flexibility index (Phi) is 6.32. The minimum absolute atomic E-state index is 0.0384. The molecule has 1 N–H and O–H groups in total. The molecular formula is C23H25F2N3O4S. The van der Waals surface area contributed by atoms with E-state index in [0.29, 0.717) is 22.6 Å². The van der Waals surface area contributed by atoms with Gasteiger partial charge in [-0.1, -0.05) is 6.07 Å². The standard InChI is InChI=1S/C23H25F2N3O4S/c1-12(32-2)14-6-7-16(21(8-14)33(3,30)31)27-17-9-15(10-20(29)13-4-5-13)26-18-11-19(23(24)25)28-22(17)18/h6-9,12-13,23H,4-5,10-11H2,1-3H3,(H,26,27)/t12-/m1/s1. The zero-order valence-corrected chi connectivity index (χ0v) is 19.4. The molecule has 10 heteroatoms. The Balaban J connectivity index is 1.76. The van der Waals surface area contributed by atoms with E-state index in [4.69, 9.17) is 4.74 Å². The second-order valence-electron chi connectivity index (χ2n) is 8.49. The third-order valence-electron chi connectivity index (χ3n) is 5.86. The zero-order valence-electron chi connectivity index (χ0n) is 18.6. The highest BCUT2D eigenvalue weighted by Crippen LogP contribution is 2.39. The van der Waals surface area contributed by atoms with Crippen LogP contribution in [0.1, 0.15) is 42.8 Å². The largest absolute Gasteiger partial charge is 0.377 e. The smallest absolute Gasteiger partial charge is 0.277 e. The number of methoxy groups -OCH3 is 1. The number of aliphatic imine (C=N–C) groups is 1. The highest BCUT2D eigenvalue weighted by atomic mass is 32.2. The maximum atomic E-state index is 13.3. The number of carbonyl (C=O) groups excluding carboxylic acids is 1. The fourth-order valence-electron chi connectivity index (χ4n) is 3.77. The van der Waals surface area contributed by atoms with Gasteiger partial charge in [-0.2, -0.15) is 0 Å². The van der Waals surface area contributed by atoms with E-state index in [1.165, 1.54) is 13.2 Å². The number of ketones is 1. The van der Waals surface area contributed by atoms with Crippen molar-refractivity contribution in [3.8, 4) is 0 Å². The molecule has 0 bridgehead atoms. The van der Waals surface area contributed by atoms with Crippen LogP contribution >= 0.6 is 0 Å². The van der Waals surface area contributed by atoms with Gasteiger partial charge in [0.15, 0.2) is 9.84 Å². The molecule has 1 aliphatic heterocycles. The minimum atomic E-state index is -3.63. The normalized spacial score (nSPS) is 16.5. The number of aromatic nitrogens is 1. The van der Waals surface area contributed by atoms with Crippen LogP contribution in [0.25, 0.3) is 0 Å². The molecule has 1 fully saturated rings. The van der Waals surface area contributed by atoms with Gasteiger partial charge in [-0.25, -0.2) is 22.2 Å². The lowest BCUT2D eigenvalue weighted by Crippen LogP contribution is -2.11. The lowest BCUT2D eigenvalue weighted by atomic mass is 10.1. The summed E-state index contributed by atoms with van der Waals surface area (Å²) >= 11 is 0. The van der Waals surface area contributed by atoms with Crippen molar-refractivity contribution < 1.29 is 26.7 Å². The van der Waals surface area contributed by atoms with Gasteiger partial charge in [-0.15, -0.1) is 0 Å². The number of sulfone groups is 1. The van der Waals surface area contributed by atoms with Gasteiger partial charge in [0.2, 0.25) is 0 Å². The molecule has 1 aromatic carbocycles. The molecule has 2 aliphatic rings. The Hall–Kier alpha value is -2.72. The van der Waals surface area contributed by atoms with Crippen LogP contribution in [-0.4, -0.2) is 44.7 Å². The van der Waals surface area contributed by atoms with Crippen molar-refractivity contribution in [3.63, 3.8) is 0 Å². The second-order valence-corrected chi connectivity index (χ2v) is 10.5. The van der Waals surface area contributed by atoms with E-state index >= 15 is 0 Å². The molecule has 0 unspecified atom stereocenters. The summed E-state index contributed by atoms with van der Waals surface area (Å²) in [6, 6.07) is 6.46. The van der Waals surface area contributed by atoms with Gasteiger partial charge in [-0.3, -0.25) is 9.78 Å². The fourth-order valence-corrected chi connectivity index (χ4v) is 4.64. The predicted octanol–water partition coefficient (Wildman–Crippen LogP) is 4.35. The summed E-state index contributed by atoms with van der Waals surface area (Å²) in [4.78, 5) is 20.8. The van der Waals surface area contributed by atoms with Crippen LogP contribution in [0.15, 0.2) is 34.2 Å². The van der Waals surface area contributed by atoms with Crippen LogP contribution in [0.2, 0.25) is 0 Å². The first kappa shape index (κ1) is 23.4. The van der Waals surface area contributed by atoms with E-state index in [0.717, 1.165) is 19.1 Å². The number of nitrogens with one attached hydrogen (secondary N) is 1. The Morgan fingerprint density at radius 3 is 2.58 bits per heavy atom. The van der Waals surface area contributed by atoms with Crippen molar-refractivity contribution in [1.82, 2.24) is 4.98 Å². The van der Waals surface area contributed by atoms with Gasteiger partial charge in [-0.05, 0) is 43.5 Å². The molecule has 176 valence electrons. The monoisotopic (exact) mass is 477 g/mol. The summed E-state index contributed by atoms with van der Waals surface area (Å²) in [6.45, 7) is 1.80. The van der Waals surface area contributed by atoms with Gasteiger partial charge in [0.05, 0.1) is 39.5 Å². The van der Waals surface area contributed by atoms with E-state index in [1.54, 1.807) is 25.1 Å². The first-order valence-electron chi connectivity index (χ1n) is 10.6. The molecule has 2 heterocycles. The quantitative estimate of drug-likeness (QED) is 0.577. The Bertz CT molecular complexity index is 1240. The number of alkyl halides is 2. The first-order valence-corrected chi connectivity index (χ1v) is 12.5. The van der Waals surface area contributed by atoms with Crippen molar-refractivity contribution in [2.24, 2.45) is 10.9 Å². The number of carbonyl (C=O) groups is 1. The minimum Gasteiger partial charge on any atom is -0.377 e. The number of nitrogens with zero attached hydrogens (tertiary/aromatic N) is 2. The number of pyridine rings is 1. The van der Waals surface area contributed by atoms with Gasteiger partial charge < -0.3 is 10.1 Å². The molecule has 7 nitrogen and oxygen atoms in total. The van der Waals surface area contributed by atoms with Crippen molar-refractivity contribution >= 4 is 38.4 Å². The second kappa shape index (κ2) is 8.90. The molecule has 33 heavy (non-hydrogen) atoms. The first-order chi connectivity index (χ1) is 15.6. The summed E-state index contributed by atoms with van der Waals surface area (Å²) < 4.78 is 57.0. The van der Waals surface area contributed by atoms with Gasteiger partial charge in [0.25, 0.3) is 6.43 Å². The molecule has 1 saturated carbocycles. The lowest BCUT2D eigenvalue weighted by molar-refractivity contribution is -0.119. The summed E-state index contributed by atoms with van der Waals surface area (Å²) in [6.07, 6.45) is -0.253. The van der Waals surface area contributed by atoms with Gasteiger partial charge >= 0.3 is 0 Å². The number of hydrogen-bond donors (Lipinski definition) is 1. The van der Waals surface area contributed by atoms with E-state index in [9.17, 15) is 22.0 Å². The number of hydrogen-bond acceptors (Lipinski definition) is 7. The average Bonchev–Trinajstić information content (AvgIpc) is 3.51. The van der Waals surface area contributed by atoms with Crippen LogP contribution in [0.5, 0.6) is 0 Å². The molecule has 4 rings (SSSR count). The third kappa shape index (κ3) is 5.11. The highest BCUT2D eigenvalue weighted by Gasteiger charge is 2.31. The van der Waals surface area contributed by atoms with E-state index in [-0.39, 0.29) is 52.6 Å². The maximum Gasteiger partial charge on any atom is 0.277 e. The maximum absolute atomic E-state index is 13.3. The fraction of sp³-hybridized carbons (Fsp3) is 0.435. The van der Waals surface area contributed by atoms with E-state index < -0.39 is 16.3 Å². The molecule has 0 saturated heterocycles. The summed E-state index contributed by atoms with van der Waals surface area (Å²) in [7, 11) is -2.10. The highest BCUT2D eigenvalue weighted by molar-refractivity contribution is 7.90. The predicted molar refractivity (Wildman–Crippen MR) is 121 cm³/mol. The van der Waals surface area contributed by atoms with Crippen LogP contribution in [0.4, 0.5) is 25.8 Å². The number of fused-ring (bicyclic) bond motifs is 1. The lowest BCUT2D eigenvalue weighted by Gasteiger charge is -2.17. The number of anilines is 2.